The highest BCUT2D eigenvalue weighted by Crippen LogP contribution is 2.42. The number of likely N-dealkylation sites (tertiary alicyclic amines) is 1. The highest BCUT2D eigenvalue weighted by atomic mass is 32.2. The summed E-state index contributed by atoms with van der Waals surface area (Å²) in [4.78, 5) is 18.1. The van der Waals surface area contributed by atoms with E-state index in [9.17, 15) is 13.2 Å². The van der Waals surface area contributed by atoms with Gasteiger partial charge in [-0.1, -0.05) is 66.7 Å². The summed E-state index contributed by atoms with van der Waals surface area (Å²) in [5.41, 5.74) is 2.62. The van der Waals surface area contributed by atoms with Gasteiger partial charge in [0.05, 0.1) is 33.2 Å². The second-order valence-corrected chi connectivity index (χ2v) is 11.9. The van der Waals surface area contributed by atoms with E-state index in [4.69, 9.17) is 9.47 Å². The van der Waals surface area contributed by atoms with Gasteiger partial charge in [-0.15, -0.1) is 0 Å². The van der Waals surface area contributed by atoms with E-state index < -0.39 is 10.2 Å². The lowest BCUT2D eigenvalue weighted by atomic mass is 10.0. The average Bonchev–Trinajstić information content (AvgIpc) is 3.52. The molecule has 1 amide bonds. The Hall–Kier alpha value is -3.60. The number of ether oxygens (including phenoxy) is 2. The number of hydrogen-bond donors (Lipinski definition) is 1. The van der Waals surface area contributed by atoms with E-state index in [2.05, 4.69) is 9.62 Å². The molecule has 9 nitrogen and oxygen atoms in total. The SMILES string of the molecule is CNS(=O)(=O)N(Cc1ccccc1)c1c(CC(=O)N(C)[C@H](CN2CCCC2)c2ccccc2)ccc(OC)c1OC. The minimum atomic E-state index is -4.01. The average molecular weight is 581 g/mol. The Morgan fingerprint density at radius 3 is 2.17 bits per heavy atom. The molecule has 3 aromatic rings. The van der Waals surface area contributed by atoms with Gasteiger partial charge in [0.1, 0.15) is 5.69 Å². The van der Waals surface area contributed by atoms with Gasteiger partial charge in [-0.25, -0.2) is 9.03 Å². The predicted octanol–water partition coefficient (Wildman–Crippen LogP) is 4.01. The number of carbonyl (C=O) groups excluding carboxylic acids is 1. The number of likely N-dealkylation sites (N-methyl/N-ethyl adjacent to an activating group) is 1. The summed E-state index contributed by atoms with van der Waals surface area (Å²) >= 11 is 0. The van der Waals surface area contributed by atoms with Crippen molar-refractivity contribution in [2.45, 2.75) is 31.8 Å². The van der Waals surface area contributed by atoms with Crippen molar-refractivity contribution in [3.05, 3.63) is 89.5 Å². The minimum Gasteiger partial charge on any atom is -0.493 e. The maximum atomic E-state index is 14.0. The first kappa shape index (κ1) is 30.4. The fourth-order valence-corrected chi connectivity index (χ4v) is 6.29. The molecule has 1 atom stereocenters. The van der Waals surface area contributed by atoms with Crippen molar-refractivity contribution in [3.8, 4) is 11.5 Å². The van der Waals surface area contributed by atoms with E-state index in [1.807, 2.05) is 67.7 Å². The van der Waals surface area contributed by atoms with Crippen molar-refractivity contribution < 1.29 is 22.7 Å². The van der Waals surface area contributed by atoms with Crippen LogP contribution in [0.1, 0.15) is 35.6 Å². The van der Waals surface area contributed by atoms with Crippen LogP contribution < -0.4 is 18.5 Å². The summed E-state index contributed by atoms with van der Waals surface area (Å²) in [5, 5.41) is 0. The first-order valence-corrected chi connectivity index (χ1v) is 15.2. The summed E-state index contributed by atoms with van der Waals surface area (Å²) in [5.74, 6) is 0.479. The Labute approximate surface area is 243 Å². The van der Waals surface area contributed by atoms with Gasteiger partial charge < -0.3 is 19.3 Å². The second-order valence-electron chi connectivity index (χ2n) is 10.1. The largest absolute Gasteiger partial charge is 0.493 e. The summed E-state index contributed by atoms with van der Waals surface area (Å²) in [6, 6.07) is 22.6. The lowest BCUT2D eigenvalue weighted by Crippen LogP contribution is -2.41. The van der Waals surface area contributed by atoms with Crippen LogP contribution in [0.25, 0.3) is 0 Å². The van der Waals surface area contributed by atoms with Crippen molar-refractivity contribution in [3.63, 3.8) is 0 Å². The van der Waals surface area contributed by atoms with Crippen LogP contribution in [0.3, 0.4) is 0 Å². The minimum absolute atomic E-state index is 0.0277. The van der Waals surface area contributed by atoms with Crippen LogP contribution in [-0.2, 0) is 28.0 Å². The van der Waals surface area contributed by atoms with Gasteiger partial charge in [0.2, 0.25) is 5.91 Å². The first-order chi connectivity index (χ1) is 19.8. The standard InChI is InChI=1S/C31H40N4O5S/c1-32-41(37,38)35(22-24-13-7-5-8-14-24)30-26(17-18-28(39-3)31(30)40-4)21-29(36)33(2)27(23-34-19-11-12-20-34)25-15-9-6-10-16-25/h5-10,13-18,27,32H,11-12,19-23H2,1-4H3/t27-/m1/s1. The smallest absolute Gasteiger partial charge is 0.301 e. The Morgan fingerprint density at radius 1 is 0.951 bits per heavy atom. The Bertz CT molecular complexity index is 1400. The molecule has 0 bridgehead atoms. The normalized spacial score (nSPS) is 14.4. The van der Waals surface area contributed by atoms with Gasteiger partial charge >= 0.3 is 10.2 Å². The predicted molar refractivity (Wildman–Crippen MR) is 161 cm³/mol. The Morgan fingerprint density at radius 2 is 1.59 bits per heavy atom. The first-order valence-electron chi connectivity index (χ1n) is 13.8. The molecule has 4 rings (SSSR count). The third-order valence-corrected chi connectivity index (χ3v) is 8.99. The summed E-state index contributed by atoms with van der Waals surface area (Å²) in [7, 11) is 2.14. The molecule has 0 saturated carbocycles. The number of hydrogen-bond acceptors (Lipinski definition) is 6. The molecule has 0 aromatic heterocycles. The van der Waals surface area contributed by atoms with Gasteiger partial charge in [0.15, 0.2) is 11.5 Å². The zero-order valence-corrected chi connectivity index (χ0v) is 25.1. The number of benzene rings is 3. The molecule has 3 aromatic carbocycles. The van der Waals surface area contributed by atoms with Crippen LogP contribution in [0.4, 0.5) is 5.69 Å². The molecule has 1 N–H and O–H groups in total. The topological polar surface area (TPSA) is 91.4 Å². The highest BCUT2D eigenvalue weighted by Gasteiger charge is 2.32. The van der Waals surface area contributed by atoms with Gasteiger partial charge in [-0.05, 0) is 48.7 Å². The zero-order valence-electron chi connectivity index (χ0n) is 24.2. The van der Waals surface area contributed by atoms with Crippen molar-refractivity contribution in [2.75, 3.05) is 52.3 Å². The number of amides is 1. The van der Waals surface area contributed by atoms with Gasteiger partial charge in [-0.2, -0.15) is 8.42 Å². The van der Waals surface area contributed by atoms with E-state index >= 15 is 0 Å². The summed E-state index contributed by atoms with van der Waals surface area (Å²) in [6.45, 7) is 2.80. The summed E-state index contributed by atoms with van der Waals surface area (Å²) < 4.78 is 41.8. The van der Waals surface area contributed by atoms with Crippen LogP contribution in [0, 0.1) is 0 Å². The maximum Gasteiger partial charge on any atom is 0.301 e. The zero-order chi connectivity index (χ0) is 29.4. The van der Waals surface area contributed by atoms with Crippen molar-refractivity contribution in [2.24, 2.45) is 0 Å². The third kappa shape index (κ3) is 7.19. The van der Waals surface area contributed by atoms with Crippen LogP contribution >= 0.6 is 0 Å². The number of rotatable bonds is 13. The van der Waals surface area contributed by atoms with Crippen LogP contribution in [0.2, 0.25) is 0 Å². The quantitative estimate of drug-likeness (QED) is 0.329. The third-order valence-electron chi connectivity index (χ3n) is 7.59. The van der Waals surface area contributed by atoms with E-state index in [0.29, 0.717) is 11.3 Å². The fourth-order valence-electron chi connectivity index (χ4n) is 5.31. The molecule has 41 heavy (non-hydrogen) atoms. The lowest BCUT2D eigenvalue weighted by Gasteiger charge is -2.33. The monoisotopic (exact) mass is 580 g/mol. The molecule has 1 aliphatic rings. The fraction of sp³-hybridized carbons (Fsp3) is 0.387. The molecule has 220 valence electrons. The van der Waals surface area contributed by atoms with E-state index in [1.165, 1.54) is 25.6 Å². The number of nitrogens with one attached hydrogen (secondary N) is 1. The van der Waals surface area contributed by atoms with Gasteiger partial charge in [0, 0.05) is 20.6 Å². The van der Waals surface area contributed by atoms with Crippen LogP contribution in [0.15, 0.2) is 72.8 Å². The number of nitrogens with zero attached hydrogens (tertiary/aromatic N) is 3. The van der Waals surface area contributed by atoms with Crippen LogP contribution in [-0.4, -0.2) is 72.1 Å². The van der Waals surface area contributed by atoms with E-state index in [0.717, 1.165) is 43.6 Å². The lowest BCUT2D eigenvalue weighted by molar-refractivity contribution is -0.131. The molecular weight excluding hydrogens is 540 g/mol. The molecule has 1 heterocycles. The Kier molecular flexibility index (Phi) is 10.3. The number of methoxy groups -OCH3 is 2. The molecule has 0 aliphatic carbocycles. The molecular formula is C31H40N4O5S. The molecule has 1 saturated heterocycles. The van der Waals surface area contributed by atoms with E-state index in [-0.39, 0.29) is 36.4 Å². The van der Waals surface area contributed by atoms with Gasteiger partial charge in [-0.3, -0.25) is 4.79 Å². The maximum absolute atomic E-state index is 14.0. The highest BCUT2D eigenvalue weighted by molar-refractivity contribution is 7.90. The number of anilines is 1. The van der Waals surface area contributed by atoms with Gasteiger partial charge in [0.25, 0.3) is 0 Å². The summed E-state index contributed by atoms with van der Waals surface area (Å²) in [6.07, 6.45) is 2.29. The van der Waals surface area contributed by atoms with Crippen LogP contribution in [0.5, 0.6) is 11.5 Å². The van der Waals surface area contributed by atoms with Crippen molar-refractivity contribution in [1.29, 1.82) is 0 Å². The van der Waals surface area contributed by atoms with Crippen molar-refractivity contribution >= 4 is 21.8 Å². The molecule has 0 unspecified atom stereocenters. The molecule has 1 fully saturated rings. The Balaban J connectivity index is 1.74. The number of carbonyl (C=O) groups is 1. The molecule has 0 spiro atoms. The second kappa shape index (κ2) is 13.8. The van der Waals surface area contributed by atoms with Crippen molar-refractivity contribution in [1.82, 2.24) is 14.5 Å². The molecule has 1 aliphatic heterocycles. The molecule has 0 radical (unpaired) electrons. The van der Waals surface area contributed by atoms with E-state index in [1.54, 1.807) is 17.0 Å². The molecule has 10 heteroatoms.